The van der Waals surface area contributed by atoms with Gasteiger partial charge in [0.25, 0.3) is 0 Å². The molecule has 46 valence electrons. The Balaban J connectivity index is 0.000000291. The van der Waals surface area contributed by atoms with Crippen LogP contribution in [0.25, 0.3) is 0 Å². The summed E-state index contributed by atoms with van der Waals surface area (Å²) < 4.78 is 0. The normalized spacial score (nSPS) is 8.00. The first-order valence-electron chi connectivity index (χ1n) is 2.52. The van der Waals surface area contributed by atoms with Crippen molar-refractivity contribution in [3.05, 3.63) is 29.3 Å². The van der Waals surface area contributed by atoms with E-state index in [4.69, 9.17) is 9.69 Å². The molecule has 0 bridgehead atoms. The van der Waals surface area contributed by atoms with Crippen molar-refractivity contribution in [1.82, 2.24) is 0 Å². The second-order valence-electron chi connectivity index (χ2n) is 1.33. The third kappa shape index (κ3) is 4.08. The van der Waals surface area contributed by atoms with Crippen LogP contribution in [0.3, 0.4) is 0 Å². The topological polar surface area (TPSA) is 0 Å². The van der Waals surface area contributed by atoms with Gasteiger partial charge in [-0.25, -0.2) is 0 Å². The summed E-state index contributed by atoms with van der Waals surface area (Å²) in [6.07, 6.45) is 0.928. The van der Waals surface area contributed by atoms with Crippen LogP contribution >= 0.6 is 21.0 Å². The standard InChI is InChI=1S/C6H7S.ClH.Zn/c1-2-6-4-3-5-7-6;;/h3-5H,1-2H2;1H;/q-1;;+2/p-1. The quantitative estimate of drug-likeness (QED) is 0.496. The van der Waals surface area contributed by atoms with Gasteiger partial charge in [-0.1, -0.05) is 12.1 Å². The predicted molar refractivity (Wildman–Crippen MR) is 39.2 cm³/mol. The van der Waals surface area contributed by atoms with Gasteiger partial charge in [0.1, 0.15) is 0 Å². The van der Waals surface area contributed by atoms with Gasteiger partial charge in [0.15, 0.2) is 0 Å². The molecule has 0 amide bonds. The van der Waals surface area contributed by atoms with Gasteiger partial charge in [-0.05, 0) is 10.3 Å². The van der Waals surface area contributed by atoms with Crippen LogP contribution in [0, 0.1) is 6.92 Å². The zero-order chi connectivity index (χ0) is 7.11. The summed E-state index contributed by atoms with van der Waals surface area (Å²) in [6.45, 7) is 3.74. The molecule has 1 heterocycles. The van der Waals surface area contributed by atoms with Crippen molar-refractivity contribution in [3.8, 4) is 0 Å². The summed E-state index contributed by atoms with van der Waals surface area (Å²) in [5.74, 6) is 0. The molecule has 1 aromatic heterocycles. The van der Waals surface area contributed by atoms with E-state index in [-0.39, 0.29) is 0 Å². The molecule has 1 rings (SSSR count). The minimum atomic E-state index is 0.847. The van der Waals surface area contributed by atoms with Gasteiger partial charge in [0.2, 0.25) is 0 Å². The van der Waals surface area contributed by atoms with Gasteiger partial charge in [-0.3, -0.25) is 0 Å². The van der Waals surface area contributed by atoms with E-state index < -0.39 is 0 Å². The van der Waals surface area contributed by atoms with Gasteiger partial charge in [0, 0.05) is 0 Å². The Labute approximate surface area is 74.0 Å². The molecule has 0 spiro atoms. The van der Waals surface area contributed by atoms with Gasteiger partial charge in [0.05, 0.1) is 0 Å². The van der Waals surface area contributed by atoms with Crippen LogP contribution in [0.2, 0.25) is 0 Å². The molecule has 0 N–H and O–H groups in total. The Kier molecular flexibility index (Phi) is 7.19. The molecular weight excluding hydrogens is 205 g/mol. The maximum absolute atomic E-state index is 4.76. The van der Waals surface area contributed by atoms with E-state index in [0.29, 0.717) is 0 Å². The molecule has 9 heavy (non-hydrogen) atoms. The van der Waals surface area contributed by atoms with Crippen molar-refractivity contribution in [3.63, 3.8) is 0 Å². The van der Waals surface area contributed by atoms with E-state index in [9.17, 15) is 0 Å². The SMILES string of the molecule is [CH2-]Cc1cccs1.[Cl][Zn+]. The minimum absolute atomic E-state index is 0.847. The summed E-state index contributed by atoms with van der Waals surface area (Å²) in [4.78, 5) is 1.36. The van der Waals surface area contributed by atoms with Gasteiger partial charge < -0.3 is 6.92 Å². The average Bonchev–Trinajstić information content (AvgIpc) is 2.43. The van der Waals surface area contributed by atoms with Crippen molar-refractivity contribution >= 4 is 21.0 Å². The molecule has 1 aromatic rings. The molecule has 0 aliphatic heterocycles. The summed E-state index contributed by atoms with van der Waals surface area (Å²) >= 11 is 2.61. The molecule has 0 unspecified atom stereocenters. The molecule has 0 aliphatic rings. The van der Waals surface area contributed by atoms with E-state index >= 15 is 0 Å². The van der Waals surface area contributed by atoms with Crippen LogP contribution < -0.4 is 0 Å². The fraction of sp³-hybridized carbons (Fsp3) is 0.167. The van der Waals surface area contributed by atoms with Crippen molar-refractivity contribution in [2.75, 3.05) is 0 Å². The number of thiophene rings is 1. The molecule has 0 radical (unpaired) electrons. The Morgan fingerprint density at radius 2 is 2.33 bits per heavy atom. The average molecular weight is 212 g/mol. The fourth-order valence-corrected chi connectivity index (χ4v) is 1.06. The Morgan fingerprint density at radius 1 is 1.67 bits per heavy atom. The van der Waals surface area contributed by atoms with Crippen LogP contribution in [0.5, 0.6) is 0 Å². The van der Waals surface area contributed by atoms with Gasteiger partial charge in [-0.15, -0.1) is 6.42 Å². The molecule has 3 heteroatoms. The number of halogens is 1. The molecule has 0 aliphatic carbocycles. The second-order valence-corrected chi connectivity index (χ2v) is 2.36. The second kappa shape index (κ2) is 6.73. The summed E-state index contributed by atoms with van der Waals surface area (Å²) in [5, 5.41) is 2.07. The Morgan fingerprint density at radius 3 is 2.56 bits per heavy atom. The molecule has 0 fully saturated rings. The molecule has 0 saturated carbocycles. The first-order chi connectivity index (χ1) is 4.43. The third-order valence-corrected chi connectivity index (χ3v) is 1.76. The first kappa shape index (κ1) is 9.61. The van der Waals surface area contributed by atoms with Crippen molar-refractivity contribution < 1.29 is 17.3 Å². The predicted octanol–water partition coefficient (Wildman–Crippen LogP) is 2.81. The Bertz CT molecular complexity index is 128. The maximum atomic E-state index is 4.76. The monoisotopic (exact) mass is 210 g/mol. The van der Waals surface area contributed by atoms with Crippen LogP contribution in [0.4, 0.5) is 0 Å². The zero-order valence-electron chi connectivity index (χ0n) is 5.14. The van der Waals surface area contributed by atoms with Crippen LogP contribution in [0.15, 0.2) is 17.5 Å². The van der Waals surface area contributed by atoms with Gasteiger partial charge in [-0.2, -0.15) is 11.3 Å². The number of hydrogen-bond acceptors (Lipinski definition) is 1. The van der Waals surface area contributed by atoms with Crippen molar-refractivity contribution in [1.29, 1.82) is 0 Å². The number of hydrogen-bond donors (Lipinski definition) is 0. The molecule has 0 aromatic carbocycles. The van der Waals surface area contributed by atoms with E-state index in [0.717, 1.165) is 23.7 Å². The Hall–Kier alpha value is 0.613. The van der Waals surface area contributed by atoms with Crippen molar-refractivity contribution in [2.24, 2.45) is 0 Å². The summed E-state index contributed by atoms with van der Waals surface area (Å²) in [6, 6.07) is 4.14. The zero-order valence-corrected chi connectivity index (χ0v) is 9.68. The molecular formula is C6H7ClSZn. The molecule has 0 atom stereocenters. The van der Waals surface area contributed by atoms with Crippen molar-refractivity contribution in [2.45, 2.75) is 6.42 Å². The van der Waals surface area contributed by atoms with E-state index in [2.05, 4.69) is 18.4 Å². The van der Waals surface area contributed by atoms with Crippen LogP contribution in [-0.2, 0) is 23.7 Å². The van der Waals surface area contributed by atoms with Crippen LogP contribution in [0.1, 0.15) is 4.88 Å². The number of rotatable bonds is 1. The summed E-state index contributed by atoms with van der Waals surface area (Å²) in [7, 11) is 4.76. The fourth-order valence-electron chi connectivity index (χ4n) is 0.455. The van der Waals surface area contributed by atoms with E-state index in [1.165, 1.54) is 4.88 Å². The molecule has 0 nitrogen and oxygen atoms in total. The van der Waals surface area contributed by atoms with E-state index in [1.807, 2.05) is 6.07 Å². The molecule has 0 saturated heterocycles. The van der Waals surface area contributed by atoms with E-state index in [1.54, 1.807) is 11.3 Å². The van der Waals surface area contributed by atoms with Gasteiger partial charge >= 0.3 is 27.0 Å². The first-order valence-corrected chi connectivity index (χ1v) is 7.29. The summed E-state index contributed by atoms with van der Waals surface area (Å²) in [5.41, 5.74) is 0. The van der Waals surface area contributed by atoms with Crippen LogP contribution in [-0.4, -0.2) is 0 Å². The third-order valence-electron chi connectivity index (χ3n) is 0.827.